The van der Waals surface area contributed by atoms with E-state index in [1.54, 1.807) is 12.1 Å². The van der Waals surface area contributed by atoms with Gasteiger partial charge in [0.25, 0.3) is 0 Å². The molecule has 0 amide bonds. The van der Waals surface area contributed by atoms with E-state index in [-0.39, 0.29) is 0 Å². The van der Waals surface area contributed by atoms with Crippen LogP contribution in [0.5, 0.6) is 5.75 Å². The molecule has 0 aliphatic rings. The number of para-hydroxylation sites is 1. The van der Waals surface area contributed by atoms with Crippen LogP contribution in [-0.4, -0.2) is 11.0 Å². The van der Waals surface area contributed by atoms with E-state index in [4.69, 9.17) is 9.15 Å². The van der Waals surface area contributed by atoms with Crippen molar-refractivity contribution in [3.63, 3.8) is 0 Å². The van der Waals surface area contributed by atoms with Crippen LogP contribution in [0.2, 0.25) is 0 Å². The zero-order valence-corrected chi connectivity index (χ0v) is 15.2. The average molecular weight is 359 g/mol. The first-order valence-corrected chi connectivity index (χ1v) is 8.78. The molecule has 2 aromatic carbocycles. The van der Waals surface area contributed by atoms with Gasteiger partial charge in [0.15, 0.2) is 0 Å². The van der Waals surface area contributed by atoms with E-state index in [0.717, 1.165) is 22.6 Å². The minimum Gasteiger partial charge on any atom is -0.441 e. The van der Waals surface area contributed by atoms with Gasteiger partial charge in [-0.15, -0.1) is 0 Å². The van der Waals surface area contributed by atoms with Crippen molar-refractivity contribution < 1.29 is 13.9 Å². The van der Waals surface area contributed by atoms with Gasteiger partial charge >= 0.3 is 5.97 Å². The number of allylic oxidation sites excluding steroid dienone is 2. The fourth-order valence-electron chi connectivity index (χ4n) is 2.72. The predicted molar refractivity (Wildman–Crippen MR) is 105 cm³/mol. The Morgan fingerprint density at radius 1 is 1.11 bits per heavy atom. The largest absolute Gasteiger partial charge is 0.441 e. The fourth-order valence-corrected chi connectivity index (χ4v) is 2.72. The number of benzene rings is 2. The second-order valence-electron chi connectivity index (χ2n) is 6.01. The maximum Gasteiger partial charge on any atom is 0.336 e. The van der Waals surface area contributed by atoms with E-state index in [0.29, 0.717) is 24.5 Å². The lowest BCUT2D eigenvalue weighted by Gasteiger charge is -2.08. The summed E-state index contributed by atoms with van der Waals surface area (Å²) in [6.07, 6.45) is 5.81. The van der Waals surface area contributed by atoms with Crippen LogP contribution in [-0.2, 0) is 17.6 Å². The van der Waals surface area contributed by atoms with Gasteiger partial charge < -0.3 is 9.15 Å². The lowest BCUT2D eigenvalue weighted by atomic mass is 10.1. The summed E-state index contributed by atoms with van der Waals surface area (Å²) in [6.45, 7) is 5.46. The number of nitrogens with zero attached hydrogens (tertiary/aromatic N) is 1. The van der Waals surface area contributed by atoms with Gasteiger partial charge in [0.2, 0.25) is 5.89 Å². The van der Waals surface area contributed by atoms with Crippen molar-refractivity contribution in [2.24, 2.45) is 0 Å². The highest BCUT2D eigenvalue weighted by atomic mass is 16.5. The minimum atomic E-state index is -0.425. The summed E-state index contributed by atoms with van der Waals surface area (Å²) in [4.78, 5) is 16.5. The van der Waals surface area contributed by atoms with Crippen LogP contribution in [0.3, 0.4) is 0 Å². The van der Waals surface area contributed by atoms with Crippen LogP contribution in [0.4, 0.5) is 0 Å². The van der Waals surface area contributed by atoms with Crippen LogP contribution in [0, 0.1) is 6.92 Å². The summed E-state index contributed by atoms with van der Waals surface area (Å²) in [6, 6.07) is 17.3. The van der Waals surface area contributed by atoms with Gasteiger partial charge in [-0.3, -0.25) is 0 Å². The van der Waals surface area contributed by atoms with E-state index >= 15 is 0 Å². The molecule has 0 N–H and O–H groups in total. The van der Waals surface area contributed by atoms with Gasteiger partial charge in [0.1, 0.15) is 11.5 Å². The molecule has 0 fully saturated rings. The summed E-state index contributed by atoms with van der Waals surface area (Å²) in [5.41, 5.74) is 2.80. The lowest BCUT2D eigenvalue weighted by molar-refractivity contribution is -0.129. The zero-order chi connectivity index (χ0) is 19.1. The highest BCUT2D eigenvalue weighted by molar-refractivity contribution is 5.84. The number of hydrogen-bond acceptors (Lipinski definition) is 4. The predicted octanol–water partition coefficient (Wildman–Crippen LogP) is 5.08. The van der Waals surface area contributed by atoms with E-state index in [2.05, 4.69) is 11.6 Å². The first kappa shape index (κ1) is 18.4. The number of ether oxygens (including phenoxy) is 1. The van der Waals surface area contributed by atoms with E-state index in [1.165, 1.54) is 12.2 Å². The molecule has 136 valence electrons. The molecule has 3 aromatic rings. The highest BCUT2D eigenvalue weighted by Crippen LogP contribution is 2.24. The molecule has 4 nitrogen and oxygen atoms in total. The Morgan fingerprint density at radius 2 is 1.85 bits per heavy atom. The Bertz CT molecular complexity index is 955. The molecule has 27 heavy (non-hydrogen) atoms. The third-order valence-corrected chi connectivity index (χ3v) is 4.10. The molecule has 0 spiro atoms. The van der Waals surface area contributed by atoms with Crippen molar-refractivity contribution in [3.8, 4) is 17.2 Å². The van der Waals surface area contributed by atoms with Gasteiger partial charge in [-0.25, -0.2) is 9.78 Å². The van der Waals surface area contributed by atoms with Crippen molar-refractivity contribution in [2.75, 3.05) is 0 Å². The van der Waals surface area contributed by atoms with Crippen LogP contribution in [0.1, 0.15) is 17.0 Å². The molecule has 0 aliphatic heterocycles. The molecule has 0 unspecified atom stereocenters. The van der Waals surface area contributed by atoms with Crippen molar-refractivity contribution in [3.05, 3.63) is 96.4 Å². The van der Waals surface area contributed by atoms with Crippen LogP contribution in [0.25, 0.3) is 11.5 Å². The van der Waals surface area contributed by atoms with E-state index in [1.807, 2.05) is 55.5 Å². The van der Waals surface area contributed by atoms with Gasteiger partial charge in [0, 0.05) is 11.6 Å². The maximum absolute atomic E-state index is 11.8. The molecule has 0 aliphatic carbocycles. The topological polar surface area (TPSA) is 52.3 Å². The molecule has 3 rings (SSSR count). The first-order chi connectivity index (χ1) is 13.2. The smallest absolute Gasteiger partial charge is 0.336 e. The molecular formula is C23H21NO3. The standard InChI is InChI=1S/C23H21NO3/c1-3-4-14-22(25)27-21-13-9-8-10-18(21)15-16-20-17(2)26-23(24-20)19-11-6-5-7-12-19/h3-14H,1,15-16H2,2H3. The number of oxazole rings is 1. The first-order valence-electron chi connectivity index (χ1n) is 8.78. The highest BCUT2D eigenvalue weighted by Gasteiger charge is 2.13. The second-order valence-corrected chi connectivity index (χ2v) is 6.01. The Labute approximate surface area is 158 Å². The average Bonchev–Trinajstić information content (AvgIpc) is 3.07. The van der Waals surface area contributed by atoms with Crippen LogP contribution < -0.4 is 4.74 Å². The Balaban J connectivity index is 1.72. The number of carbonyl (C=O) groups is 1. The zero-order valence-electron chi connectivity index (χ0n) is 15.2. The lowest BCUT2D eigenvalue weighted by Crippen LogP contribution is -2.06. The number of hydrogen-bond donors (Lipinski definition) is 0. The molecule has 1 heterocycles. The number of aryl methyl sites for hydroxylation is 3. The van der Waals surface area contributed by atoms with E-state index < -0.39 is 5.97 Å². The van der Waals surface area contributed by atoms with Gasteiger partial charge in [0.05, 0.1) is 5.69 Å². The van der Waals surface area contributed by atoms with Crippen molar-refractivity contribution in [2.45, 2.75) is 19.8 Å². The molecule has 0 radical (unpaired) electrons. The third-order valence-electron chi connectivity index (χ3n) is 4.10. The van der Waals surface area contributed by atoms with E-state index in [9.17, 15) is 4.79 Å². The summed E-state index contributed by atoms with van der Waals surface area (Å²) in [7, 11) is 0. The molecule has 4 heteroatoms. The monoisotopic (exact) mass is 359 g/mol. The maximum atomic E-state index is 11.8. The number of carbonyl (C=O) groups excluding carboxylic acids is 1. The van der Waals surface area contributed by atoms with Gasteiger partial charge in [-0.1, -0.05) is 55.1 Å². The molecular weight excluding hydrogens is 338 g/mol. The third kappa shape index (κ3) is 4.82. The van der Waals surface area contributed by atoms with Crippen LogP contribution >= 0.6 is 0 Å². The SMILES string of the molecule is C=CC=CC(=O)Oc1ccccc1CCc1nc(-c2ccccc2)oc1C. The molecule has 0 bridgehead atoms. The van der Waals surface area contributed by atoms with Gasteiger partial charge in [-0.2, -0.15) is 0 Å². The number of aromatic nitrogens is 1. The normalized spacial score (nSPS) is 10.9. The van der Waals surface area contributed by atoms with Crippen LogP contribution in [0.15, 0.2) is 83.8 Å². The molecule has 0 atom stereocenters. The number of esters is 1. The summed E-state index contributed by atoms with van der Waals surface area (Å²) in [5, 5.41) is 0. The summed E-state index contributed by atoms with van der Waals surface area (Å²) >= 11 is 0. The second kappa shape index (κ2) is 8.81. The minimum absolute atomic E-state index is 0.425. The Morgan fingerprint density at radius 3 is 2.63 bits per heavy atom. The fraction of sp³-hybridized carbons (Fsp3) is 0.130. The van der Waals surface area contributed by atoms with Crippen molar-refractivity contribution in [1.82, 2.24) is 4.98 Å². The Hall–Kier alpha value is -3.40. The molecule has 0 saturated heterocycles. The summed E-state index contributed by atoms with van der Waals surface area (Å²) in [5.74, 6) is 1.56. The van der Waals surface area contributed by atoms with Crippen molar-refractivity contribution >= 4 is 5.97 Å². The van der Waals surface area contributed by atoms with Crippen molar-refractivity contribution in [1.29, 1.82) is 0 Å². The molecule has 1 aromatic heterocycles. The Kier molecular flexibility index (Phi) is 6.00. The van der Waals surface area contributed by atoms with Gasteiger partial charge in [-0.05, 0) is 43.5 Å². The number of rotatable bonds is 7. The molecule has 0 saturated carbocycles. The quantitative estimate of drug-likeness (QED) is 0.255. The summed E-state index contributed by atoms with van der Waals surface area (Å²) < 4.78 is 11.2.